The molecule has 0 saturated heterocycles. The molecule has 0 spiro atoms. The van der Waals surface area contributed by atoms with Gasteiger partial charge in [0.15, 0.2) is 0 Å². The molecule has 182 valence electrons. The Kier molecular flexibility index (Phi) is 6.49. The van der Waals surface area contributed by atoms with Crippen LogP contribution in [0.4, 0.5) is 0 Å². The van der Waals surface area contributed by atoms with Crippen molar-refractivity contribution in [3.63, 3.8) is 0 Å². The van der Waals surface area contributed by atoms with Crippen molar-refractivity contribution in [2.24, 2.45) is 0 Å². The molecule has 0 saturated carbocycles. The highest BCUT2D eigenvalue weighted by Gasteiger charge is 2.15. The molecular weight excluding hydrogens is 493 g/mol. The van der Waals surface area contributed by atoms with Crippen LogP contribution in [-0.4, -0.2) is 0 Å². The van der Waals surface area contributed by atoms with Crippen LogP contribution in [0.25, 0.3) is 30.9 Å². The van der Waals surface area contributed by atoms with Gasteiger partial charge in [0, 0.05) is 19.2 Å². The Bertz CT molecular complexity index is 1660. The molecule has 0 amide bonds. The molecule has 6 rings (SSSR count). The molecule has 0 N–H and O–H groups in total. The second-order valence-electron chi connectivity index (χ2n) is 10.6. The summed E-state index contributed by atoms with van der Waals surface area (Å²) in [6, 6.07) is 25.5. The maximum absolute atomic E-state index is 2.44. The second kappa shape index (κ2) is 9.78. The first kappa shape index (κ1) is 23.9. The Morgan fingerprint density at radius 1 is 0.639 bits per heavy atom. The van der Waals surface area contributed by atoms with E-state index in [4.69, 9.17) is 0 Å². The molecule has 3 heteroatoms. The van der Waals surface area contributed by atoms with Crippen LogP contribution in [0.2, 0.25) is 0 Å². The molecule has 0 nitrogen and oxygen atoms in total. The number of benzene rings is 3. The molecule has 0 aliphatic carbocycles. The number of thiophene rings is 3. The van der Waals surface area contributed by atoms with E-state index in [1.807, 2.05) is 34.0 Å². The van der Waals surface area contributed by atoms with E-state index in [1.54, 1.807) is 0 Å². The number of hydrogen-bond donors (Lipinski definition) is 0. The molecule has 2 atom stereocenters. The molecule has 6 aromatic rings. The summed E-state index contributed by atoms with van der Waals surface area (Å²) >= 11 is 5.77. The fourth-order valence-corrected chi connectivity index (χ4v) is 8.82. The molecule has 0 aliphatic rings. The van der Waals surface area contributed by atoms with Gasteiger partial charge in [0.1, 0.15) is 0 Å². The maximum atomic E-state index is 2.44. The van der Waals surface area contributed by atoms with E-state index < -0.39 is 0 Å². The summed E-state index contributed by atoms with van der Waals surface area (Å²) < 4.78 is 2.84. The minimum absolute atomic E-state index is 0.518. The van der Waals surface area contributed by atoms with Crippen molar-refractivity contribution in [1.82, 2.24) is 0 Å². The first-order chi connectivity index (χ1) is 17.5. The van der Waals surface area contributed by atoms with Gasteiger partial charge < -0.3 is 0 Å². The van der Waals surface area contributed by atoms with Crippen LogP contribution in [0.1, 0.15) is 71.9 Å². The summed E-state index contributed by atoms with van der Waals surface area (Å²) in [7, 11) is 0. The van der Waals surface area contributed by atoms with Crippen molar-refractivity contribution in [3.8, 4) is 0 Å². The predicted octanol–water partition coefficient (Wildman–Crippen LogP) is 11.1. The van der Waals surface area contributed by atoms with Crippen LogP contribution >= 0.6 is 34.0 Å². The largest absolute Gasteiger partial charge is 0.147 e. The summed E-state index contributed by atoms with van der Waals surface area (Å²) in [6.45, 7) is 9.33. The van der Waals surface area contributed by atoms with Gasteiger partial charge in [0.25, 0.3) is 0 Å². The van der Waals surface area contributed by atoms with Crippen LogP contribution in [0, 0.1) is 0 Å². The van der Waals surface area contributed by atoms with E-state index in [0.29, 0.717) is 17.8 Å². The van der Waals surface area contributed by atoms with Crippen LogP contribution < -0.4 is 0 Å². The molecule has 2 unspecified atom stereocenters. The normalized spacial score (nSPS) is 13.8. The molecule has 3 aromatic heterocycles. The third-order valence-corrected chi connectivity index (χ3v) is 11.0. The topological polar surface area (TPSA) is 0 Å². The Morgan fingerprint density at radius 3 is 2.28 bits per heavy atom. The summed E-state index contributed by atoms with van der Waals surface area (Å²) in [4.78, 5) is 3.00. The van der Waals surface area contributed by atoms with Crippen LogP contribution in [0.3, 0.4) is 0 Å². The highest BCUT2D eigenvalue weighted by atomic mass is 32.1. The molecule has 0 fully saturated rings. The Labute approximate surface area is 226 Å². The first-order valence-corrected chi connectivity index (χ1v) is 15.5. The van der Waals surface area contributed by atoms with Crippen LogP contribution in [0.5, 0.6) is 0 Å². The second-order valence-corrected chi connectivity index (χ2v) is 13.5. The van der Waals surface area contributed by atoms with Gasteiger partial charge in [-0.1, -0.05) is 76.2 Å². The quantitative estimate of drug-likeness (QED) is 0.195. The number of rotatable bonds is 7. The lowest BCUT2D eigenvalue weighted by Crippen LogP contribution is -1.96. The van der Waals surface area contributed by atoms with Crippen molar-refractivity contribution in [2.45, 2.75) is 58.3 Å². The van der Waals surface area contributed by atoms with Gasteiger partial charge in [0.2, 0.25) is 0 Å². The first-order valence-electron chi connectivity index (χ1n) is 12.9. The van der Waals surface area contributed by atoms with Crippen LogP contribution in [0.15, 0.2) is 77.5 Å². The van der Waals surface area contributed by atoms with Gasteiger partial charge in [-0.25, -0.2) is 0 Å². The standard InChI is InChI=1S/C33H32S3/c1-20(2)29-19-34-32-16-24(9-11-28(29)32)13-21(3)31-17-26-15-23(10-12-30(26)36-31)14-22(4)33-27-8-6-5-7-25(27)18-35-33/h5-12,15-22H,13-14H2,1-4H3. The predicted molar refractivity (Wildman–Crippen MR) is 164 cm³/mol. The van der Waals surface area contributed by atoms with E-state index in [-0.39, 0.29) is 0 Å². The smallest absolute Gasteiger partial charge is 0.0348 e. The van der Waals surface area contributed by atoms with Gasteiger partial charge in [-0.3, -0.25) is 0 Å². The highest BCUT2D eigenvalue weighted by molar-refractivity contribution is 7.19. The molecular formula is C33H32S3. The average molecular weight is 525 g/mol. The Balaban J connectivity index is 1.20. The van der Waals surface area contributed by atoms with Crippen molar-refractivity contribution in [1.29, 1.82) is 0 Å². The summed E-state index contributed by atoms with van der Waals surface area (Å²) in [6.07, 6.45) is 2.17. The molecule has 36 heavy (non-hydrogen) atoms. The van der Waals surface area contributed by atoms with E-state index in [2.05, 4.69) is 105 Å². The zero-order valence-electron chi connectivity index (χ0n) is 21.4. The van der Waals surface area contributed by atoms with Gasteiger partial charge in [-0.15, -0.1) is 34.0 Å². The van der Waals surface area contributed by atoms with E-state index in [0.717, 1.165) is 12.8 Å². The molecule has 0 bridgehead atoms. The third-order valence-electron chi connectivity index (χ3n) is 7.45. The fraction of sp³-hybridized carbons (Fsp3) is 0.273. The zero-order chi connectivity index (χ0) is 24.8. The molecule has 3 aromatic carbocycles. The third kappa shape index (κ3) is 4.53. The molecule has 3 heterocycles. The fourth-order valence-electron chi connectivity index (χ4n) is 5.45. The summed E-state index contributed by atoms with van der Waals surface area (Å²) in [5.74, 6) is 1.62. The van der Waals surface area contributed by atoms with E-state index >= 15 is 0 Å². The SMILES string of the molecule is CC(C)c1csc2cc(CC(C)c3cc4cc(CC(C)c5scc6ccccc56)ccc4s3)ccc12. The lowest BCUT2D eigenvalue weighted by molar-refractivity contribution is 0.776. The lowest BCUT2D eigenvalue weighted by atomic mass is 9.95. The minimum atomic E-state index is 0.518. The summed E-state index contributed by atoms with van der Waals surface area (Å²) in [5.41, 5.74) is 4.37. The van der Waals surface area contributed by atoms with Gasteiger partial charge >= 0.3 is 0 Å². The Morgan fingerprint density at radius 2 is 1.42 bits per heavy atom. The molecule has 0 aliphatic heterocycles. The van der Waals surface area contributed by atoms with Gasteiger partial charge in [-0.05, 0) is 97.8 Å². The highest BCUT2D eigenvalue weighted by Crippen LogP contribution is 2.37. The van der Waals surface area contributed by atoms with Crippen molar-refractivity contribution in [3.05, 3.63) is 104 Å². The lowest BCUT2D eigenvalue weighted by Gasteiger charge is -2.11. The van der Waals surface area contributed by atoms with E-state index in [1.165, 1.54) is 57.4 Å². The molecule has 0 radical (unpaired) electrons. The number of fused-ring (bicyclic) bond motifs is 3. The van der Waals surface area contributed by atoms with E-state index in [9.17, 15) is 0 Å². The van der Waals surface area contributed by atoms with Gasteiger partial charge in [-0.2, -0.15) is 0 Å². The zero-order valence-corrected chi connectivity index (χ0v) is 23.8. The number of hydrogen-bond acceptors (Lipinski definition) is 3. The Hall–Kier alpha value is -2.46. The monoisotopic (exact) mass is 524 g/mol. The summed E-state index contributed by atoms with van der Waals surface area (Å²) in [5, 5.41) is 10.3. The van der Waals surface area contributed by atoms with Gasteiger partial charge in [0.05, 0.1) is 0 Å². The minimum Gasteiger partial charge on any atom is -0.147 e. The van der Waals surface area contributed by atoms with Crippen molar-refractivity contribution >= 4 is 65.0 Å². The van der Waals surface area contributed by atoms with Crippen LogP contribution in [-0.2, 0) is 12.8 Å². The van der Waals surface area contributed by atoms with Crippen molar-refractivity contribution in [2.75, 3.05) is 0 Å². The maximum Gasteiger partial charge on any atom is 0.0348 e. The van der Waals surface area contributed by atoms with Crippen molar-refractivity contribution < 1.29 is 0 Å². The average Bonchev–Trinajstić information content (AvgIpc) is 3.59.